The van der Waals surface area contributed by atoms with Gasteiger partial charge in [0, 0.05) is 18.1 Å². The van der Waals surface area contributed by atoms with Gasteiger partial charge in [0.1, 0.15) is 5.75 Å². The lowest BCUT2D eigenvalue weighted by molar-refractivity contribution is -0.143. The van der Waals surface area contributed by atoms with E-state index in [4.69, 9.17) is 21.4 Å². The summed E-state index contributed by atoms with van der Waals surface area (Å²) in [5.74, 6) is -1.17. The van der Waals surface area contributed by atoms with Gasteiger partial charge in [-0.1, -0.05) is 11.6 Å². The Morgan fingerprint density at radius 1 is 1.45 bits per heavy atom. The Labute approximate surface area is 122 Å². The molecule has 1 aromatic rings. The lowest BCUT2D eigenvalue weighted by atomic mass is 9.97. The number of amides is 1. The molecule has 0 unspecified atom stereocenters. The number of rotatable bonds is 3. The molecule has 1 fully saturated rings. The molecule has 1 aromatic carbocycles. The van der Waals surface area contributed by atoms with Gasteiger partial charge in [-0.3, -0.25) is 9.59 Å². The zero-order chi connectivity index (χ0) is 14.7. The van der Waals surface area contributed by atoms with Gasteiger partial charge in [-0.05, 0) is 31.0 Å². The Morgan fingerprint density at radius 2 is 2.20 bits per heavy atom. The number of methoxy groups -OCH3 is 1. The number of carboxylic acid groups (broad SMARTS) is 1. The van der Waals surface area contributed by atoms with Gasteiger partial charge in [0.15, 0.2) is 0 Å². The third kappa shape index (κ3) is 3.04. The van der Waals surface area contributed by atoms with E-state index in [1.54, 1.807) is 23.1 Å². The summed E-state index contributed by atoms with van der Waals surface area (Å²) in [4.78, 5) is 25.1. The molecular formula is C14H16ClNO4. The molecule has 1 atom stereocenters. The first-order chi connectivity index (χ1) is 9.52. The maximum absolute atomic E-state index is 12.5. The van der Waals surface area contributed by atoms with E-state index in [-0.39, 0.29) is 12.5 Å². The van der Waals surface area contributed by atoms with Crippen LogP contribution in [0, 0.1) is 5.92 Å². The Bertz CT molecular complexity index is 532. The van der Waals surface area contributed by atoms with E-state index in [9.17, 15) is 9.59 Å². The van der Waals surface area contributed by atoms with Crippen molar-refractivity contribution in [2.45, 2.75) is 12.8 Å². The van der Waals surface area contributed by atoms with Gasteiger partial charge < -0.3 is 14.7 Å². The summed E-state index contributed by atoms with van der Waals surface area (Å²) in [6, 6.07) is 4.80. The van der Waals surface area contributed by atoms with Crippen molar-refractivity contribution in [3.05, 3.63) is 28.8 Å². The molecule has 0 spiro atoms. The van der Waals surface area contributed by atoms with E-state index in [0.29, 0.717) is 35.7 Å². The highest BCUT2D eigenvalue weighted by molar-refractivity contribution is 6.30. The number of ether oxygens (including phenoxy) is 1. The zero-order valence-corrected chi connectivity index (χ0v) is 11.9. The van der Waals surface area contributed by atoms with Crippen molar-refractivity contribution in [2.75, 3.05) is 20.2 Å². The van der Waals surface area contributed by atoms with Crippen LogP contribution >= 0.6 is 11.6 Å². The molecule has 0 radical (unpaired) electrons. The summed E-state index contributed by atoms with van der Waals surface area (Å²) in [6.45, 7) is 0.800. The molecule has 1 amide bonds. The molecule has 1 aliphatic heterocycles. The van der Waals surface area contributed by atoms with E-state index in [1.165, 1.54) is 7.11 Å². The van der Waals surface area contributed by atoms with Gasteiger partial charge in [-0.25, -0.2) is 0 Å². The SMILES string of the molecule is COc1cc(Cl)ccc1C(=O)N1CCC[C@@H](C(=O)O)C1. The molecule has 1 N–H and O–H groups in total. The summed E-state index contributed by atoms with van der Waals surface area (Å²) in [5, 5.41) is 9.55. The second-order valence-corrected chi connectivity index (χ2v) is 5.21. The number of halogens is 1. The Hall–Kier alpha value is -1.75. The first-order valence-corrected chi connectivity index (χ1v) is 6.76. The number of carbonyl (C=O) groups is 2. The van der Waals surface area contributed by atoms with Crippen LogP contribution in [0.15, 0.2) is 18.2 Å². The van der Waals surface area contributed by atoms with Crippen LogP contribution in [0.25, 0.3) is 0 Å². The lowest BCUT2D eigenvalue weighted by Gasteiger charge is -2.31. The molecule has 0 aromatic heterocycles. The minimum Gasteiger partial charge on any atom is -0.496 e. The minimum atomic E-state index is -0.856. The van der Waals surface area contributed by atoms with E-state index in [1.807, 2.05) is 0 Å². The highest BCUT2D eigenvalue weighted by Crippen LogP contribution is 2.26. The van der Waals surface area contributed by atoms with Crippen LogP contribution < -0.4 is 4.74 Å². The summed E-state index contributed by atoms with van der Waals surface area (Å²) in [5.41, 5.74) is 0.405. The van der Waals surface area contributed by atoms with Crippen molar-refractivity contribution >= 4 is 23.5 Å². The molecule has 2 rings (SSSR count). The number of aliphatic carboxylic acids is 1. The molecule has 1 saturated heterocycles. The smallest absolute Gasteiger partial charge is 0.308 e. The van der Waals surface area contributed by atoms with Crippen LogP contribution in [0.5, 0.6) is 5.75 Å². The number of hydrogen-bond acceptors (Lipinski definition) is 3. The van der Waals surface area contributed by atoms with E-state index < -0.39 is 11.9 Å². The van der Waals surface area contributed by atoms with Crippen molar-refractivity contribution in [1.82, 2.24) is 4.90 Å². The normalized spacial score (nSPS) is 18.7. The first kappa shape index (κ1) is 14.7. The lowest BCUT2D eigenvalue weighted by Crippen LogP contribution is -2.42. The highest BCUT2D eigenvalue weighted by atomic mass is 35.5. The van der Waals surface area contributed by atoms with Crippen molar-refractivity contribution in [1.29, 1.82) is 0 Å². The second kappa shape index (κ2) is 6.13. The molecule has 0 aliphatic carbocycles. The number of carboxylic acids is 1. The summed E-state index contributed by atoms with van der Waals surface area (Å²) in [6.07, 6.45) is 1.30. The topological polar surface area (TPSA) is 66.8 Å². The fourth-order valence-corrected chi connectivity index (χ4v) is 2.54. The van der Waals surface area contributed by atoms with Gasteiger partial charge in [-0.15, -0.1) is 0 Å². The Balaban J connectivity index is 2.20. The highest BCUT2D eigenvalue weighted by Gasteiger charge is 2.29. The fraction of sp³-hybridized carbons (Fsp3) is 0.429. The number of nitrogens with zero attached hydrogens (tertiary/aromatic N) is 1. The molecule has 6 heteroatoms. The van der Waals surface area contributed by atoms with Crippen LogP contribution in [0.3, 0.4) is 0 Å². The summed E-state index contributed by atoms with van der Waals surface area (Å²) < 4.78 is 5.16. The quantitative estimate of drug-likeness (QED) is 0.929. The summed E-state index contributed by atoms with van der Waals surface area (Å²) >= 11 is 5.87. The molecule has 1 aliphatic rings. The molecule has 5 nitrogen and oxygen atoms in total. The third-order valence-corrected chi connectivity index (χ3v) is 3.69. The molecular weight excluding hydrogens is 282 g/mol. The van der Waals surface area contributed by atoms with Crippen molar-refractivity contribution < 1.29 is 19.4 Å². The number of piperidine rings is 1. The number of likely N-dealkylation sites (tertiary alicyclic amines) is 1. The largest absolute Gasteiger partial charge is 0.496 e. The average Bonchev–Trinajstić information content (AvgIpc) is 2.46. The van der Waals surface area contributed by atoms with Crippen molar-refractivity contribution in [3.63, 3.8) is 0 Å². The fourth-order valence-electron chi connectivity index (χ4n) is 2.38. The Kier molecular flexibility index (Phi) is 4.49. The van der Waals surface area contributed by atoms with Crippen LogP contribution in [0.2, 0.25) is 5.02 Å². The summed E-state index contributed by atoms with van der Waals surface area (Å²) in [7, 11) is 1.47. The second-order valence-electron chi connectivity index (χ2n) is 4.77. The zero-order valence-electron chi connectivity index (χ0n) is 11.1. The van der Waals surface area contributed by atoms with Gasteiger partial charge in [0.25, 0.3) is 5.91 Å². The number of benzene rings is 1. The van der Waals surface area contributed by atoms with Crippen molar-refractivity contribution in [3.8, 4) is 5.75 Å². The van der Waals surface area contributed by atoms with Crippen molar-refractivity contribution in [2.24, 2.45) is 5.92 Å². The predicted octanol–water partition coefficient (Wildman–Crippen LogP) is 2.29. The van der Waals surface area contributed by atoms with E-state index >= 15 is 0 Å². The predicted molar refractivity (Wildman–Crippen MR) is 74.3 cm³/mol. The first-order valence-electron chi connectivity index (χ1n) is 6.38. The third-order valence-electron chi connectivity index (χ3n) is 3.45. The monoisotopic (exact) mass is 297 g/mol. The minimum absolute atomic E-state index is 0.218. The maximum atomic E-state index is 12.5. The van der Waals surface area contributed by atoms with Crippen LogP contribution in [0.4, 0.5) is 0 Å². The Morgan fingerprint density at radius 3 is 2.85 bits per heavy atom. The van der Waals surface area contributed by atoms with E-state index in [0.717, 1.165) is 0 Å². The number of hydrogen-bond donors (Lipinski definition) is 1. The average molecular weight is 298 g/mol. The molecule has 1 heterocycles. The van der Waals surface area contributed by atoms with Crippen LogP contribution in [0.1, 0.15) is 23.2 Å². The maximum Gasteiger partial charge on any atom is 0.308 e. The van der Waals surface area contributed by atoms with Gasteiger partial charge in [-0.2, -0.15) is 0 Å². The molecule has 0 bridgehead atoms. The van der Waals surface area contributed by atoms with Gasteiger partial charge in [0.2, 0.25) is 0 Å². The van der Waals surface area contributed by atoms with Gasteiger partial charge >= 0.3 is 5.97 Å². The molecule has 0 saturated carbocycles. The van der Waals surface area contributed by atoms with Crippen LogP contribution in [-0.2, 0) is 4.79 Å². The standard InChI is InChI=1S/C14H16ClNO4/c1-20-12-7-10(15)4-5-11(12)13(17)16-6-2-3-9(8-16)14(18)19/h4-5,7,9H,2-3,6,8H2,1H3,(H,18,19)/t9-/m1/s1. The number of carbonyl (C=O) groups excluding carboxylic acids is 1. The molecule has 108 valence electrons. The van der Waals surface area contributed by atoms with Gasteiger partial charge in [0.05, 0.1) is 18.6 Å². The van der Waals surface area contributed by atoms with E-state index in [2.05, 4.69) is 0 Å². The van der Waals surface area contributed by atoms with Crippen LogP contribution in [-0.4, -0.2) is 42.1 Å². The molecule has 20 heavy (non-hydrogen) atoms.